The van der Waals surface area contributed by atoms with Crippen LogP contribution in [0.15, 0.2) is 18.2 Å². The lowest BCUT2D eigenvalue weighted by molar-refractivity contribution is -0.0160. The Bertz CT molecular complexity index is 392. The average molecular weight is 262 g/mol. The molecule has 1 unspecified atom stereocenters. The molecule has 0 heterocycles. The minimum atomic E-state index is -0.498. The van der Waals surface area contributed by atoms with Crippen LogP contribution in [0.2, 0.25) is 0 Å². The zero-order valence-corrected chi connectivity index (χ0v) is 12.2. The molecule has 0 saturated heterocycles. The molecule has 1 fully saturated rings. The fraction of sp³-hybridized carbons (Fsp3) is 0.647. The van der Waals surface area contributed by atoms with Crippen molar-refractivity contribution in [3.63, 3.8) is 0 Å². The van der Waals surface area contributed by atoms with Crippen LogP contribution in [0.5, 0.6) is 0 Å². The van der Waals surface area contributed by atoms with Crippen molar-refractivity contribution in [2.24, 2.45) is 0 Å². The van der Waals surface area contributed by atoms with Gasteiger partial charge in [-0.2, -0.15) is 0 Å². The number of aryl methyl sites for hydroxylation is 2. The predicted molar refractivity (Wildman–Crippen MR) is 78.3 cm³/mol. The van der Waals surface area contributed by atoms with Crippen molar-refractivity contribution in [1.29, 1.82) is 0 Å². The summed E-state index contributed by atoms with van der Waals surface area (Å²) in [6.45, 7) is 4.60. The fourth-order valence-corrected chi connectivity index (χ4v) is 2.70. The molecule has 1 aromatic rings. The van der Waals surface area contributed by atoms with Gasteiger partial charge in [0.1, 0.15) is 6.10 Å². The van der Waals surface area contributed by atoms with Crippen molar-refractivity contribution in [3.8, 4) is 0 Å². The molecular formula is C17H26O2. The Labute approximate surface area is 116 Å². The number of aliphatic hydroxyl groups excluding tert-OH is 1. The third kappa shape index (κ3) is 4.32. The summed E-state index contributed by atoms with van der Waals surface area (Å²) in [5.41, 5.74) is 3.46. The van der Waals surface area contributed by atoms with E-state index in [9.17, 15) is 5.11 Å². The molecule has 1 N–H and O–H groups in total. The molecule has 1 aliphatic carbocycles. The zero-order chi connectivity index (χ0) is 13.7. The van der Waals surface area contributed by atoms with E-state index in [-0.39, 0.29) is 0 Å². The van der Waals surface area contributed by atoms with Gasteiger partial charge in [-0.15, -0.1) is 0 Å². The average Bonchev–Trinajstić information content (AvgIpc) is 2.67. The second-order valence-corrected chi connectivity index (χ2v) is 5.81. The summed E-state index contributed by atoms with van der Waals surface area (Å²) >= 11 is 0. The highest BCUT2D eigenvalue weighted by atomic mass is 16.5. The van der Waals surface area contributed by atoms with Gasteiger partial charge in [0, 0.05) is 0 Å². The van der Waals surface area contributed by atoms with E-state index in [0.29, 0.717) is 12.7 Å². The summed E-state index contributed by atoms with van der Waals surface area (Å²) in [7, 11) is 0. The number of aliphatic hydroxyl groups is 1. The quantitative estimate of drug-likeness (QED) is 0.829. The van der Waals surface area contributed by atoms with Gasteiger partial charge in [0.2, 0.25) is 0 Å². The van der Waals surface area contributed by atoms with Crippen LogP contribution < -0.4 is 0 Å². The Morgan fingerprint density at radius 1 is 1.11 bits per heavy atom. The first-order valence-corrected chi connectivity index (χ1v) is 7.53. The van der Waals surface area contributed by atoms with Crippen LogP contribution in [0.3, 0.4) is 0 Å². The van der Waals surface area contributed by atoms with Crippen molar-refractivity contribution in [3.05, 3.63) is 34.9 Å². The van der Waals surface area contributed by atoms with Gasteiger partial charge < -0.3 is 9.84 Å². The van der Waals surface area contributed by atoms with E-state index in [4.69, 9.17) is 4.74 Å². The number of benzene rings is 1. The maximum atomic E-state index is 10.2. The molecule has 0 radical (unpaired) electrons. The fourth-order valence-electron chi connectivity index (χ4n) is 2.70. The minimum absolute atomic E-state index is 0.351. The highest BCUT2D eigenvalue weighted by Crippen LogP contribution is 2.22. The number of ether oxygens (including phenoxy) is 1. The lowest BCUT2D eigenvalue weighted by atomic mass is 10.0. The van der Waals surface area contributed by atoms with E-state index in [1.165, 1.54) is 36.8 Å². The number of hydrogen-bond acceptors (Lipinski definition) is 2. The lowest BCUT2D eigenvalue weighted by Gasteiger charge is -2.19. The lowest BCUT2D eigenvalue weighted by Crippen LogP contribution is -2.17. The molecule has 0 spiro atoms. The Morgan fingerprint density at radius 2 is 1.79 bits per heavy atom. The van der Waals surface area contributed by atoms with Gasteiger partial charge >= 0.3 is 0 Å². The number of hydrogen-bond donors (Lipinski definition) is 1. The van der Waals surface area contributed by atoms with Crippen molar-refractivity contribution in [1.82, 2.24) is 0 Å². The van der Waals surface area contributed by atoms with E-state index in [1.54, 1.807) is 0 Å². The van der Waals surface area contributed by atoms with Crippen molar-refractivity contribution in [2.45, 2.75) is 64.6 Å². The summed E-state index contributed by atoms with van der Waals surface area (Å²) in [5, 5.41) is 10.2. The van der Waals surface area contributed by atoms with Gasteiger partial charge in [0.25, 0.3) is 0 Å². The van der Waals surface area contributed by atoms with Crippen LogP contribution in [-0.4, -0.2) is 17.8 Å². The molecule has 19 heavy (non-hydrogen) atoms. The van der Waals surface area contributed by atoms with E-state index in [2.05, 4.69) is 26.0 Å². The largest absolute Gasteiger partial charge is 0.386 e. The van der Waals surface area contributed by atoms with Crippen molar-refractivity contribution in [2.75, 3.05) is 6.61 Å². The highest BCUT2D eigenvalue weighted by Gasteiger charge is 2.15. The number of rotatable bonds is 4. The first-order valence-electron chi connectivity index (χ1n) is 7.53. The summed E-state index contributed by atoms with van der Waals surface area (Å²) in [6.07, 6.45) is 7.36. The van der Waals surface area contributed by atoms with Gasteiger partial charge in [-0.25, -0.2) is 0 Å². The van der Waals surface area contributed by atoms with E-state index >= 15 is 0 Å². The van der Waals surface area contributed by atoms with E-state index < -0.39 is 6.10 Å². The van der Waals surface area contributed by atoms with Gasteiger partial charge in [-0.3, -0.25) is 0 Å². The van der Waals surface area contributed by atoms with Crippen LogP contribution in [0, 0.1) is 13.8 Å². The third-order valence-corrected chi connectivity index (χ3v) is 4.21. The van der Waals surface area contributed by atoms with Gasteiger partial charge in [-0.05, 0) is 43.4 Å². The Balaban J connectivity index is 1.85. The molecular weight excluding hydrogens is 236 g/mol. The topological polar surface area (TPSA) is 29.5 Å². The first-order chi connectivity index (χ1) is 9.16. The summed E-state index contributed by atoms with van der Waals surface area (Å²) < 4.78 is 5.90. The Kier molecular flexibility index (Phi) is 5.41. The first kappa shape index (κ1) is 14.5. The predicted octanol–water partition coefficient (Wildman–Crippen LogP) is 4.08. The highest BCUT2D eigenvalue weighted by molar-refractivity contribution is 5.31. The Morgan fingerprint density at radius 3 is 2.42 bits per heavy atom. The molecule has 0 amide bonds. The maximum Gasteiger partial charge on any atom is 0.102 e. The smallest absolute Gasteiger partial charge is 0.102 e. The normalized spacial score (nSPS) is 19.1. The summed E-state index contributed by atoms with van der Waals surface area (Å²) in [5.74, 6) is 0. The maximum absolute atomic E-state index is 10.2. The monoisotopic (exact) mass is 262 g/mol. The minimum Gasteiger partial charge on any atom is -0.386 e. The van der Waals surface area contributed by atoms with Crippen LogP contribution in [0.4, 0.5) is 0 Å². The van der Waals surface area contributed by atoms with Crippen LogP contribution in [-0.2, 0) is 4.74 Å². The molecule has 0 bridgehead atoms. The van der Waals surface area contributed by atoms with Gasteiger partial charge in [0.15, 0.2) is 0 Å². The van der Waals surface area contributed by atoms with Crippen molar-refractivity contribution < 1.29 is 9.84 Å². The molecule has 2 heteroatoms. The summed E-state index contributed by atoms with van der Waals surface area (Å²) in [6, 6.07) is 6.14. The van der Waals surface area contributed by atoms with Crippen molar-refractivity contribution >= 4 is 0 Å². The zero-order valence-electron chi connectivity index (χ0n) is 12.2. The standard InChI is InChI=1S/C17H26O2/c1-13-9-10-15(11-14(13)2)17(18)12-19-16-7-5-3-4-6-8-16/h9-11,16-18H,3-8,12H2,1-2H3. The molecule has 2 rings (SSSR count). The van der Waals surface area contributed by atoms with Crippen LogP contribution in [0.1, 0.15) is 61.3 Å². The molecule has 1 saturated carbocycles. The van der Waals surface area contributed by atoms with Gasteiger partial charge in [-0.1, -0.05) is 43.9 Å². The molecule has 1 aromatic carbocycles. The molecule has 0 aliphatic heterocycles. The SMILES string of the molecule is Cc1ccc(C(O)COC2CCCCCC2)cc1C. The molecule has 2 nitrogen and oxygen atoms in total. The summed E-state index contributed by atoms with van der Waals surface area (Å²) in [4.78, 5) is 0. The second-order valence-electron chi connectivity index (χ2n) is 5.81. The van der Waals surface area contributed by atoms with E-state index in [0.717, 1.165) is 18.4 Å². The molecule has 1 aliphatic rings. The third-order valence-electron chi connectivity index (χ3n) is 4.21. The van der Waals surface area contributed by atoms with Gasteiger partial charge in [0.05, 0.1) is 12.7 Å². The van der Waals surface area contributed by atoms with Crippen LogP contribution >= 0.6 is 0 Å². The van der Waals surface area contributed by atoms with E-state index in [1.807, 2.05) is 6.07 Å². The molecule has 106 valence electrons. The molecule has 1 atom stereocenters. The Hall–Kier alpha value is -0.860. The second kappa shape index (κ2) is 7.06. The molecule has 0 aromatic heterocycles. The van der Waals surface area contributed by atoms with Crippen LogP contribution in [0.25, 0.3) is 0 Å².